The number of fused-ring (bicyclic) bond motifs is 1. The molecule has 12 heteroatoms. The molecule has 0 saturated carbocycles. The second-order valence-corrected chi connectivity index (χ2v) is 9.55. The number of nitrogens with zero attached hydrogens (tertiary/aromatic N) is 4. The van der Waals surface area contributed by atoms with Crippen molar-refractivity contribution in [3.05, 3.63) is 66.1 Å². The van der Waals surface area contributed by atoms with Crippen LogP contribution in [-0.2, 0) is 10.0 Å². The molecule has 0 spiro atoms. The van der Waals surface area contributed by atoms with E-state index in [1.165, 1.54) is 30.1 Å². The molecule has 0 amide bonds. The molecule has 0 unspecified atom stereocenters. The van der Waals surface area contributed by atoms with Crippen LogP contribution in [0.2, 0.25) is 0 Å². The molecule has 4 rings (SSSR count). The zero-order valence-electron chi connectivity index (χ0n) is 18.7. The highest BCUT2D eigenvalue weighted by atomic mass is 32.2. The van der Waals surface area contributed by atoms with Crippen molar-refractivity contribution in [1.82, 2.24) is 19.6 Å². The monoisotopic (exact) mass is 499 g/mol. The van der Waals surface area contributed by atoms with Crippen LogP contribution >= 0.6 is 0 Å². The fraction of sp³-hybridized carbons (Fsp3) is 0.174. The fourth-order valence-electron chi connectivity index (χ4n) is 3.05. The molecule has 0 saturated heterocycles. The maximum absolute atomic E-state index is 14.1. The minimum atomic E-state index is -4.44. The normalized spacial score (nSPS) is 11.7. The van der Waals surface area contributed by atoms with Crippen LogP contribution in [0.25, 0.3) is 16.9 Å². The summed E-state index contributed by atoms with van der Waals surface area (Å²) in [4.78, 5) is 7.60. The summed E-state index contributed by atoms with van der Waals surface area (Å²) >= 11 is 0. The van der Waals surface area contributed by atoms with Gasteiger partial charge in [-0.2, -0.15) is 5.10 Å². The highest BCUT2D eigenvalue weighted by molar-refractivity contribution is 7.92. The molecule has 0 aliphatic carbocycles. The molecule has 0 radical (unpaired) electrons. The first-order valence-corrected chi connectivity index (χ1v) is 11.6. The number of aliphatic hydroxyl groups is 1. The van der Waals surface area contributed by atoms with Gasteiger partial charge in [0.15, 0.2) is 5.65 Å². The molecule has 9 nitrogen and oxygen atoms in total. The Balaban J connectivity index is 1.75. The van der Waals surface area contributed by atoms with E-state index in [4.69, 9.17) is 4.74 Å². The molecular formula is C23H19F2N5O4S. The third-order valence-electron chi connectivity index (χ3n) is 4.63. The summed E-state index contributed by atoms with van der Waals surface area (Å²) in [5, 5.41) is 14.4. The summed E-state index contributed by atoms with van der Waals surface area (Å²) in [6, 6.07) is 6.88. The van der Waals surface area contributed by atoms with Crippen LogP contribution in [0.1, 0.15) is 19.5 Å². The van der Waals surface area contributed by atoms with Crippen molar-refractivity contribution < 1.29 is 27.0 Å². The standard InChI is InChI=1S/C23H19F2N5O4S/c1-23(2,31)9-8-16-13-26-21-7-5-18(28-30(16)21)14-10-19(22(34-3)27-12-14)29-35(32,33)20-6-4-15(24)11-17(20)25/h4-7,10-13,29,31H,1-3H3. The molecule has 2 N–H and O–H groups in total. The molecule has 0 atom stereocenters. The molecular weight excluding hydrogens is 480 g/mol. The number of methoxy groups -OCH3 is 1. The number of nitrogens with one attached hydrogen (secondary N) is 1. The van der Waals surface area contributed by atoms with Crippen molar-refractivity contribution in [2.45, 2.75) is 24.3 Å². The first kappa shape index (κ1) is 24.1. The Bertz CT molecular complexity index is 1600. The lowest BCUT2D eigenvalue weighted by atomic mass is 10.1. The molecule has 0 bridgehead atoms. The summed E-state index contributed by atoms with van der Waals surface area (Å²) in [6.07, 6.45) is 2.93. The Kier molecular flexibility index (Phi) is 6.14. The average molecular weight is 499 g/mol. The number of imidazole rings is 1. The number of aromatic nitrogens is 4. The third kappa shape index (κ3) is 5.21. The van der Waals surface area contributed by atoms with Crippen molar-refractivity contribution in [2.75, 3.05) is 11.8 Å². The van der Waals surface area contributed by atoms with Gasteiger partial charge in [-0.1, -0.05) is 5.92 Å². The van der Waals surface area contributed by atoms with Gasteiger partial charge in [0, 0.05) is 17.8 Å². The van der Waals surface area contributed by atoms with Gasteiger partial charge in [-0.3, -0.25) is 4.72 Å². The van der Waals surface area contributed by atoms with Gasteiger partial charge >= 0.3 is 0 Å². The highest BCUT2D eigenvalue weighted by Gasteiger charge is 2.22. The van der Waals surface area contributed by atoms with Crippen LogP contribution in [0.5, 0.6) is 5.88 Å². The van der Waals surface area contributed by atoms with Crippen molar-refractivity contribution in [3.8, 4) is 29.0 Å². The van der Waals surface area contributed by atoms with Crippen LogP contribution in [0.15, 0.2) is 53.7 Å². The number of anilines is 1. The number of ether oxygens (including phenoxy) is 1. The second-order valence-electron chi connectivity index (χ2n) is 7.90. The van der Waals surface area contributed by atoms with Crippen LogP contribution in [0.3, 0.4) is 0 Å². The van der Waals surface area contributed by atoms with Gasteiger partial charge in [-0.25, -0.2) is 31.7 Å². The topological polar surface area (TPSA) is 119 Å². The van der Waals surface area contributed by atoms with Crippen molar-refractivity contribution in [3.63, 3.8) is 0 Å². The van der Waals surface area contributed by atoms with E-state index in [0.29, 0.717) is 28.7 Å². The van der Waals surface area contributed by atoms with Gasteiger partial charge in [0.05, 0.1) is 19.0 Å². The molecule has 180 valence electrons. The quantitative estimate of drug-likeness (QED) is 0.405. The highest BCUT2D eigenvalue weighted by Crippen LogP contribution is 2.30. The number of sulfonamides is 1. The van der Waals surface area contributed by atoms with Crippen molar-refractivity contribution >= 4 is 21.4 Å². The van der Waals surface area contributed by atoms with Gasteiger partial charge in [-0.05, 0) is 50.1 Å². The second kappa shape index (κ2) is 8.94. The van der Waals surface area contributed by atoms with Gasteiger partial charge in [0.2, 0.25) is 5.88 Å². The molecule has 4 aromatic rings. The summed E-state index contributed by atoms with van der Waals surface area (Å²) < 4.78 is 61.7. The van der Waals surface area contributed by atoms with Crippen molar-refractivity contribution in [1.29, 1.82) is 0 Å². The molecule has 3 aromatic heterocycles. The smallest absolute Gasteiger partial charge is 0.264 e. The Morgan fingerprint density at radius 3 is 2.57 bits per heavy atom. The minimum Gasteiger partial charge on any atom is -0.480 e. The Morgan fingerprint density at radius 2 is 1.89 bits per heavy atom. The Morgan fingerprint density at radius 1 is 1.11 bits per heavy atom. The zero-order chi connectivity index (χ0) is 25.4. The molecule has 1 aromatic carbocycles. The maximum Gasteiger partial charge on any atom is 0.264 e. The molecule has 0 aliphatic heterocycles. The van der Waals surface area contributed by atoms with E-state index in [9.17, 15) is 22.3 Å². The maximum atomic E-state index is 14.1. The summed E-state index contributed by atoms with van der Waals surface area (Å²) in [5.74, 6) is 3.30. The van der Waals surface area contributed by atoms with Crippen LogP contribution < -0.4 is 9.46 Å². The van der Waals surface area contributed by atoms with E-state index in [0.717, 1.165) is 12.1 Å². The minimum absolute atomic E-state index is 0.0692. The predicted molar refractivity (Wildman–Crippen MR) is 123 cm³/mol. The van der Waals surface area contributed by atoms with Gasteiger partial charge in [-0.15, -0.1) is 0 Å². The third-order valence-corrected chi connectivity index (χ3v) is 6.03. The molecule has 35 heavy (non-hydrogen) atoms. The lowest BCUT2D eigenvalue weighted by Gasteiger charge is -2.13. The van der Waals surface area contributed by atoms with E-state index in [-0.39, 0.29) is 11.6 Å². The molecule has 0 fully saturated rings. The van der Waals surface area contributed by atoms with Gasteiger partial charge in [0.1, 0.15) is 33.5 Å². The number of benzene rings is 1. The fourth-order valence-corrected chi connectivity index (χ4v) is 4.16. The number of halogens is 2. The van der Waals surface area contributed by atoms with Crippen LogP contribution in [0, 0.1) is 23.5 Å². The van der Waals surface area contributed by atoms with Crippen molar-refractivity contribution in [2.24, 2.45) is 0 Å². The SMILES string of the molecule is COc1ncc(-c2ccc3ncc(C#CC(C)(C)O)n3n2)cc1NS(=O)(=O)c1ccc(F)cc1F. The van der Waals surface area contributed by atoms with E-state index in [1.807, 2.05) is 0 Å². The van der Waals surface area contributed by atoms with Gasteiger partial charge in [0.25, 0.3) is 10.0 Å². The average Bonchev–Trinajstić information content (AvgIpc) is 3.19. The molecule has 3 heterocycles. The summed E-state index contributed by atoms with van der Waals surface area (Å²) in [6.45, 7) is 3.09. The van der Waals surface area contributed by atoms with Gasteiger partial charge < -0.3 is 9.84 Å². The predicted octanol–water partition coefficient (Wildman–Crippen LogP) is 3.00. The van der Waals surface area contributed by atoms with Crippen LogP contribution in [0.4, 0.5) is 14.5 Å². The number of hydrogen-bond acceptors (Lipinski definition) is 7. The lowest BCUT2D eigenvalue weighted by molar-refractivity contribution is 0.143. The largest absolute Gasteiger partial charge is 0.480 e. The Labute approximate surface area is 199 Å². The number of rotatable bonds is 5. The molecule has 0 aliphatic rings. The first-order valence-electron chi connectivity index (χ1n) is 10.1. The zero-order valence-corrected chi connectivity index (χ0v) is 19.6. The first-order chi connectivity index (χ1) is 16.5. The van der Waals surface area contributed by atoms with E-state index < -0.39 is 32.2 Å². The van der Waals surface area contributed by atoms with E-state index in [1.54, 1.807) is 26.0 Å². The van der Waals surface area contributed by atoms with E-state index >= 15 is 0 Å². The Hall–Kier alpha value is -4.08. The number of pyridine rings is 1. The summed E-state index contributed by atoms with van der Waals surface area (Å²) in [5.41, 5.74) is 0.437. The summed E-state index contributed by atoms with van der Waals surface area (Å²) in [7, 11) is -3.14. The van der Waals surface area contributed by atoms with E-state index in [2.05, 4.69) is 31.6 Å². The lowest BCUT2D eigenvalue weighted by Crippen LogP contribution is -2.16. The van der Waals surface area contributed by atoms with Crippen LogP contribution in [-0.4, -0.2) is 45.8 Å². The number of hydrogen-bond donors (Lipinski definition) is 2.